The molecular formula is C17H15ClN4O4. The largest absolute Gasteiger partial charge is 0.507 e. The van der Waals surface area contributed by atoms with E-state index in [1.807, 2.05) is 12.1 Å². The first-order valence-electron chi connectivity index (χ1n) is 7.74. The molecule has 0 unspecified atom stereocenters. The zero-order chi connectivity index (χ0) is 18.7. The normalized spacial score (nSPS) is 10.8. The van der Waals surface area contributed by atoms with Crippen LogP contribution in [0.2, 0.25) is 5.02 Å². The third-order valence-electron chi connectivity index (χ3n) is 3.85. The first-order valence-corrected chi connectivity index (χ1v) is 8.12. The summed E-state index contributed by atoms with van der Waals surface area (Å²) in [5.41, 5.74) is 1.84. The van der Waals surface area contributed by atoms with E-state index < -0.39 is 18.4 Å². The average Bonchev–Trinajstić information content (AvgIpc) is 3.08. The quantitative estimate of drug-likeness (QED) is 0.604. The van der Waals surface area contributed by atoms with E-state index >= 15 is 0 Å². The van der Waals surface area contributed by atoms with Crippen molar-refractivity contribution in [2.75, 3.05) is 6.54 Å². The highest BCUT2D eigenvalue weighted by molar-refractivity contribution is 6.30. The summed E-state index contributed by atoms with van der Waals surface area (Å²) in [6, 6.07) is 8.90. The van der Waals surface area contributed by atoms with Gasteiger partial charge in [0.05, 0.1) is 0 Å². The summed E-state index contributed by atoms with van der Waals surface area (Å²) >= 11 is 5.88. The van der Waals surface area contributed by atoms with Gasteiger partial charge in [0, 0.05) is 16.8 Å². The zero-order valence-electron chi connectivity index (χ0n) is 13.5. The van der Waals surface area contributed by atoms with Crippen LogP contribution in [0, 0.1) is 0 Å². The fourth-order valence-corrected chi connectivity index (χ4v) is 2.73. The third-order valence-corrected chi connectivity index (χ3v) is 4.10. The topological polar surface area (TPSA) is 117 Å². The molecule has 3 rings (SSSR count). The van der Waals surface area contributed by atoms with Crippen molar-refractivity contribution in [3.05, 3.63) is 58.5 Å². The molecule has 8 nitrogen and oxygen atoms in total. The van der Waals surface area contributed by atoms with Gasteiger partial charge in [-0.1, -0.05) is 23.7 Å². The van der Waals surface area contributed by atoms with Crippen LogP contribution >= 0.6 is 11.6 Å². The number of hydrogen-bond acceptors (Lipinski definition) is 5. The number of carbonyl (C=O) groups is 2. The van der Waals surface area contributed by atoms with Crippen LogP contribution in [0.15, 0.2) is 36.7 Å². The molecule has 134 valence electrons. The van der Waals surface area contributed by atoms with Gasteiger partial charge in [-0.3, -0.25) is 14.0 Å². The van der Waals surface area contributed by atoms with Crippen molar-refractivity contribution in [3.8, 4) is 5.75 Å². The molecule has 0 saturated heterocycles. The number of nitrogens with zero attached hydrogens (tertiary/aromatic N) is 3. The van der Waals surface area contributed by atoms with Crippen molar-refractivity contribution in [1.29, 1.82) is 0 Å². The second-order valence-electron chi connectivity index (χ2n) is 5.62. The highest BCUT2D eigenvalue weighted by atomic mass is 35.5. The molecular weight excluding hydrogens is 360 g/mol. The van der Waals surface area contributed by atoms with Crippen LogP contribution in [0.3, 0.4) is 0 Å². The number of nitrogens with one attached hydrogen (secondary N) is 1. The monoisotopic (exact) mass is 374 g/mol. The number of hydrogen-bond donors (Lipinski definition) is 3. The molecule has 0 atom stereocenters. The Morgan fingerprint density at radius 3 is 2.62 bits per heavy atom. The van der Waals surface area contributed by atoms with E-state index in [1.54, 1.807) is 16.5 Å². The molecule has 3 N–H and O–H groups in total. The molecule has 9 heteroatoms. The molecule has 2 aromatic heterocycles. The van der Waals surface area contributed by atoms with Crippen LogP contribution in [0.1, 0.15) is 21.6 Å². The van der Waals surface area contributed by atoms with Gasteiger partial charge < -0.3 is 15.5 Å². The van der Waals surface area contributed by atoms with Crippen molar-refractivity contribution in [2.24, 2.45) is 0 Å². The summed E-state index contributed by atoms with van der Waals surface area (Å²) < 4.78 is 1.60. The van der Waals surface area contributed by atoms with E-state index in [2.05, 4.69) is 15.5 Å². The van der Waals surface area contributed by atoms with Crippen molar-refractivity contribution < 1.29 is 19.8 Å². The first kappa shape index (κ1) is 17.7. The predicted octanol–water partition coefficient (Wildman–Crippen LogP) is 1.69. The molecule has 0 aliphatic carbocycles. The smallest absolute Gasteiger partial charge is 0.322 e. The lowest BCUT2D eigenvalue weighted by molar-refractivity contribution is -0.135. The number of pyridine rings is 1. The van der Waals surface area contributed by atoms with Crippen LogP contribution in [-0.4, -0.2) is 43.2 Å². The van der Waals surface area contributed by atoms with Gasteiger partial charge in [0.1, 0.15) is 24.2 Å². The molecule has 1 aromatic carbocycles. The van der Waals surface area contributed by atoms with E-state index in [1.165, 1.54) is 12.4 Å². The number of aromatic nitrogens is 3. The Bertz CT molecular complexity index is 969. The van der Waals surface area contributed by atoms with Gasteiger partial charge in [-0.15, -0.1) is 10.2 Å². The summed E-state index contributed by atoms with van der Waals surface area (Å²) in [6.07, 6.45) is 2.70. The Morgan fingerprint density at radius 1 is 1.19 bits per heavy atom. The molecule has 0 fully saturated rings. The van der Waals surface area contributed by atoms with Crippen LogP contribution in [-0.2, 0) is 17.6 Å². The number of aliphatic carboxylic acids is 1. The molecule has 0 bridgehead atoms. The number of halogens is 1. The number of rotatable bonds is 6. The number of carbonyl (C=O) groups excluding carboxylic acids is 1. The second-order valence-corrected chi connectivity index (χ2v) is 6.06. The van der Waals surface area contributed by atoms with Crippen molar-refractivity contribution in [2.45, 2.75) is 12.8 Å². The lowest BCUT2D eigenvalue weighted by atomic mass is 10.1. The predicted molar refractivity (Wildman–Crippen MR) is 93.5 cm³/mol. The number of carboxylic acids is 1. The Labute approximate surface area is 153 Å². The Kier molecular flexibility index (Phi) is 5.04. The van der Waals surface area contributed by atoms with Crippen molar-refractivity contribution in [1.82, 2.24) is 19.9 Å². The molecule has 3 aromatic rings. The maximum absolute atomic E-state index is 12.2. The molecule has 0 aliphatic rings. The highest BCUT2D eigenvalue weighted by Crippen LogP contribution is 2.24. The number of benzene rings is 1. The van der Waals surface area contributed by atoms with E-state index in [9.17, 15) is 14.7 Å². The fraction of sp³-hybridized carbons (Fsp3) is 0.176. The van der Waals surface area contributed by atoms with Crippen LogP contribution in [0.4, 0.5) is 0 Å². The van der Waals surface area contributed by atoms with Crippen molar-refractivity contribution in [3.63, 3.8) is 0 Å². The molecule has 26 heavy (non-hydrogen) atoms. The van der Waals surface area contributed by atoms with E-state index in [0.29, 0.717) is 23.6 Å². The Balaban J connectivity index is 1.87. The highest BCUT2D eigenvalue weighted by Gasteiger charge is 2.20. The summed E-state index contributed by atoms with van der Waals surface area (Å²) in [4.78, 5) is 22.8. The number of aromatic hydroxyl groups is 1. The standard InChI is InChI=1S/C17H15ClN4O4/c18-11-4-1-10(2-5-11)3-6-12-7-13(23)15(16-21-20-9-22(12)16)17(26)19-8-14(24)25/h1-2,4-5,7,9,23H,3,6,8H2,(H,19,26)(H,24,25). The number of aryl methyl sites for hydroxylation is 2. The maximum atomic E-state index is 12.2. The van der Waals surface area contributed by atoms with Crippen LogP contribution < -0.4 is 5.32 Å². The minimum atomic E-state index is -1.19. The van der Waals surface area contributed by atoms with Gasteiger partial charge in [0.25, 0.3) is 5.91 Å². The number of amides is 1. The number of fused-ring (bicyclic) bond motifs is 1. The van der Waals surface area contributed by atoms with Crippen LogP contribution in [0.25, 0.3) is 5.65 Å². The van der Waals surface area contributed by atoms with E-state index in [0.717, 1.165) is 5.56 Å². The molecule has 0 aliphatic heterocycles. The molecule has 0 saturated carbocycles. The molecule has 0 spiro atoms. The lowest BCUT2D eigenvalue weighted by Gasteiger charge is -2.11. The van der Waals surface area contributed by atoms with Gasteiger partial charge >= 0.3 is 5.97 Å². The van der Waals surface area contributed by atoms with Gasteiger partial charge in [-0.2, -0.15) is 0 Å². The molecule has 2 heterocycles. The minimum Gasteiger partial charge on any atom is -0.507 e. The molecule has 1 amide bonds. The van der Waals surface area contributed by atoms with Gasteiger partial charge in [0.15, 0.2) is 5.65 Å². The second kappa shape index (κ2) is 7.40. The van der Waals surface area contributed by atoms with Crippen LogP contribution in [0.5, 0.6) is 5.75 Å². The summed E-state index contributed by atoms with van der Waals surface area (Å²) in [6.45, 7) is -0.559. The average molecular weight is 375 g/mol. The zero-order valence-corrected chi connectivity index (χ0v) is 14.3. The minimum absolute atomic E-state index is 0.112. The number of carboxylic acid groups (broad SMARTS) is 1. The first-order chi connectivity index (χ1) is 12.5. The molecule has 0 radical (unpaired) electrons. The summed E-state index contributed by atoms with van der Waals surface area (Å²) in [7, 11) is 0. The summed E-state index contributed by atoms with van der Waals surface area (Å²) in [5, 5.41) is 29.5. The SMILES string of the molecule is O=C(O)CNC(=O)c1c(O)cc(CCc2ccc(Cl)cc2)n2cnnc12. The van der Waals surface area contributed by atoms with Gasteiger partial charge in [-0.05, 0) is 30.5 Å². The van der Waals surface area contributed by atoms with Gasteiger partial charge in [-0.25, -0.2) is 0 Å². The van der Waals surface area contributed by atoms with Gasteiger partial charge in [0.2, 0.25) is 0 Å². The lowest BCUT2D eigenvalue weighted by Crippen LogP contribution is -2.29. The third kappa shape index (κ3) is 3.75. The Morgan fingerprint density at radius 2 is 1.92 bits per heavy atom. The van der Waals surface area contributed by atoms with E-state index in [4.69, 9.17) is 16.7 Å². The van der Waals surface area contributed by atoms with E-state index in [-0.39, 0.29) is 17.0 Å². The summed E-state index contributed by atoms with van der Waals surface area (Å²) in [5.74, 6) is -2.19. The Hall–Kier alpha value is -3.13. The fourth-order valence-electron chi connectivity index (χ4n) is 2.61. The van der Waals surface area contributed by atoms with Crippen molar-refractivity contribution >= 4 is 29.1 Å². The maximum Gasteiger partial charge on any atom is 0.322 e.